The summed E-state index contributed by atoms with van der Waals surface area (Å²) in [7, 11) is 0. The van der Waals surface area contributed by atoms with Crippen molar-refractivity contribution in [3.8, 4) is 0 Å². The molecule has 0 aromatic carbocycles. The molecule has 0 aromatic heterocycles. The highest BCUT2D eigenvalue weighted by Crippen LogP contribution is 2.74. The van der Waals surface area contributed by atoms with Crippen LogP contribution in [0.25, 0.3) is 0 Å². The molecule has 10 fully saturated rings. The second-order valence-corrected chi connectivity index (χ2v) is 24.6. The lowest BCUT2D eigenvalue weighted by Gasteiger charge is -2.66. The van der Waals surface area contributed by atoms with Crippen LogP contribution in [0.2, 0.25) is 0 Å². The Bertz CT molecular complexity index is 1960. The highest BCUT2D eigenvalue weighted by Gasteiger charge is 2.71. The van der Waals surface area contributed by atoms with E-state index in [0.717, 1.165) is 51.6 Å². The van der Waals surface area contributed by atoms with Crippen molar-refractivity contribution in [2.45, 2.75) is 227 Å². The molecule has 1 spiro atoms. The van der Waals surface area contributed by atoms with Crippen molar-refractivity contribution >= 4 is 0 Å². The van der Waals surface area contributed by atoms with Crippen LogP contribution in [0.1, 0.15) is 92.4 Å². The molecule has 22 nitrogen and oxygen atoms in total. The fourth-order valence-corrected chi connectivity index (χ4v) is 16.1. The van der Waals surface area contributed by atoms with Gasteiger partial charge in [-0.3, -0.25) is 0 Å². The SMILES string of the molecule is C=C1CC2C(CC[C@@]3(C)C[C@@H](O[C@@H]4O[C@H](CO)[C@H](O[C@@H]5O[C@H](CO)[C@@H](O[C@@H]6OC[C@@H](O)[C@H](O)[C@H]6O)[C@H](O)[C@H]5O[C@@H]5O[C@H](CO)[C@@H](O)[C@H](O)[C@H]5O)[C@H](O)[C@H]4O)CC[C@]23C)C2CC3O[C@]4(CC[C@@H](C)CO4)C(C)C3[C@@]12C. The monoisotopic (exact) mass is 1060 g/mol. The Kier molecular flexibility index (Phi) is 16.0. The normalized spacial score (nSPS) is 57.6. The van der Waals surface area contributed by atoms with Gasteiger partial charge in [-0.1, -0.05) is 46.8 Å². The average Bonchev–Trinajstić information content (AvgIpc) is 3.83. The smallest absolute Gasteiger partial charge is 0.187 e. The molecule has 424 valence electrons. The summed E-state index contributed by atoms with van der Waals surface area (Å²) in [6.07, 6.45) is -24.8. The molecule has 31 atom stereocenters. The Balaban J connectivity index is 0.819. The quantitative estimate of drug-likeness (QED) is 0.0809. The third-order valence-corrected chi connectivity index (χ3v) is 20.8. The van der Waals surface area contributed by atoms with E-state index in [4.69, 9.17) is 53.9 Å². The minimum Gasteiger partial charge on any atom is -0.394 e. The molecule has 0 aromatic rings. The Labute approximate surface area is 431 Å². The van der Waals surface area contributed by atoms with Crippen molar-refractivity contribution in [3.05, 3.63) is 12.2 Å². The first-order chi connectivity index (χ1) is 35.0. The summed E-state index contributed by atoms with van der Waals surface area (Å²) in [4.78, 5) is 0. The van der Waals surface area contributed by atoms with E-state index in [1.165, 1.54) is 5.57 Å². The van der Waals surface area contributed by atoms with E-state index in [0.29, 0.717) is 42.4 Å². The van der Waals surface area contributed by atoms with Gasteiger partial charge in [-0.15, -0.1) is 0 Å². The summed E-state index contributed by atoms with van der Waals surface area (Å²) in [6, 6.07) is 0. The summed E-state index contributed by atoms with van der Waals surface area (Å²) >= 11 is 0. The van der Waals surface area contributed by atoms with Crippen LogP contribution in [-0.4, -0.2) is 229 Å². The maximum atomic E-state index is 11.9. The van der Waals surface area contributed by atoms with Gasteiger partial charge in [0.15, 0.2) is 30.9 Å². The average molecular weight is 1060 g/mol. The second kappa shape index (κ2) is 21.1. The van der Waals surface area contributed by atoms with Crippen LogP contribution in [0.3, 0.4) is 0 Å². The molecule has 74 heavy (non-hydrogen) atoms. The second-order valence-electron chi connectivity index (χ2n) is 24.6. The van der Waals surface area contributed by atoms with Gasteiger partial charge in [0.1, 0.15) is 91.6 Å². The van der Waals surface area contributed by atoms with Gasteiger partial charge < -0.3 is 109 Å². The van der Waals surface area contributed by atoms with Gasteiger partial charge in [0.05, 0.1) is 45.2 Å². The Morgan fingerprint density at radius 3 is 1.88 bits per heavy atom. The van der Waals surface area contributed by atoms with Crippen LogP contribution in [-0.2, 0) is 47.4 Å². The van der Waals surface area contributed by atoms with Gasteiger partial charge in [-0.05, 0) is 91.3 Å². The fourth-order valence-electron chi connectivity index (χ4n) is 16.1. The maximum absolute atomic E-state index is 11.9. The minimum atomic E-state index is -1.99. The van der Waals surface area contributed by atoms with E-state index in [-0.39, 0.29) is 34.4 Å². The van der Waals surface area contributed by atoms with Gasteiger partial charge in [0, 0.05) is 18.3 Å². The van der Waals surface area contributed by atoms with Crippen molar-refractivity contribution in [1.29, 1.82) is 0 Å². The number of rotatable bonds is 11. The summed E-state index contributed by atoms with van der Waals surface area (Å²) < 4.78 is 61.3. The zero-order valence-corrected chi connectivity index (χ0v) is 43.1. The highest BCUT2D eigenvalue weighted by molar-refractivity contribution is 5.29. The first-order valence-electron chi connectivity index (χ1n) is 27.2. The Morgan fingerprint density at radius 1 is 0.595 bits per heavy atom. The van der Waals surface area contributed by atoms with Gasteiger partial charge in [0.2, 0.25) is 0 Å². The number of fused-ring (bicyclic) bond motifs is 7. The molecule has 22 heteroatoms. The first kappa shape index (κ1) is 56.1. The lowest BCUT2D eigenvalue weighted by Crippen LogP contribution is -2.68. The van der Waals surface area contributed by atoms with E-state index in [2.05, 4.69) is 34.6 Å². The molecule has 6 aliphatic heterocycles. The lowest BCUT2D eigenvalue weighted by atomic mass is 9.39. The van der Waals surface area contributed by atoms with E-state index in [1.807, 2.05) is 0 Å². The van der Waals surface area contributed by atoms with Crippen molar-refractivity contribution in [2.75, 3.05) is 33.0 Å². The minimum absolute atomic E-state index is 0.0457. The largest absolute Gasteiger partial charge is 0.394 e. The van der Waals surface area contributed by atoms with Crippen molar-refractivity contribution in [2.24, 2.45) is 51.8 Å². The standard InChI is InChI=1S/C52H84O22/c1-21-7-12-52(66-19-21)23(3)33-29(74-52)14-27-25-9-10-49(4)15-24(8-11-50(49,5)26(25)13-22(2)51(27,33)6)67-46-40(63)37(60)42(31(17-54)69-46)72-48-44(73-47-39(62)36(59)35(58)30(16-53)68-47)41(64)43(32(18-55)70-48)71-45-38(61)34(57)28(56)20-65-45/h21,23-48,53-64H,2,7-20H2,1,3-6H3/t21-,23?,24+,25?,26?,27?,28-,29?,30-,31-,32-,33?,34+,35-,36+,37-,38-,39-,40-,41+,42+,43-,44-,45+,46-,47+,48+,49+,50-,51+,52-/m1/s1. The molecule has 0 bridgehead atoms. The third-order valence-electron chi connectivity index (χ3n) is 20.8. The maximum Gasteiger partial charge on any atom is 0.187 e. The Hall–Kier alpha value is -1.14. The van der Waals surface area contributed by atoms with E-state index in [9.17, 15) is 61.3 Å². The van der Waals surface area contributed by atoms with Crippen LogP contribution < -0.4 is 0 Å². The molecule has 6 saturated heterocycles. The molecule has 6 heterocycles. The number of hydrogen-bond acceptors (Lipinski definition) is 22. The van der Waals surface area contributed by atoms with E-state index >= 15 is 0 Å². The van der Waals surface area contributed by atoms with Crippen LogP contribution in [0, 0.1) is 51.8 Å². The molecule has 4 saturated carbocycles. The van der Waals surface area contributed by atoms with Crippen molar-refractivity contribution in [3.63, 3.8) is 0 Å². The summed E-state index contributed by atoms with van der Waals surface area (Å²) in [5.41, 5.74) is 1.08. The number of aliphatic hydroxyl groups is 12. The predicted molar refractivity (Wildman–Crippen MR) is 251 cm³/mol. The molecule has 12 N–H and O–H groups in total. The molecular formula is C52H84O22. The first-order valence-corrected chi connectivity index (χ1v) is 27.2. The molecule has 10 aliphatic rings. The number of hydrogen-bond donors (Lipinski definition) is 12. The topological polar surface area (TPSA) is 335 Å². The van der Waals surface area contributed by atoms with Gasteiger partial charge in [-0.2, -0.15) is 0 Å². The van der Waals surface area contributed by atoms with E-state index < -0.39 is 149 Å². The van der Waals surface area contributed by atoms with Gasteiger partial charge >= 0.3 is 0 Å². The summed E-state index contributed by atoms with van der Waals surface area (Å²) in [5.74, 6) is 2.03. The van der Waals surface area contributed by atoms with Gasteiger partial charge in [-0.25, -0.2) is 0 Å². The van der Waals surface area contributed by atoms with Gasteiger partial charge in [0.25, 0.3) is 0 Å². The number of allylic oxidation sites excluding steroid dienone is 1. The van der Waals surface area contributed by atoms with Crippen molar-refractivity contribution < 1.29 is 109 Å². The molecule has 0 radical (unpaired) electrons. The molecular weight excluding hydrogens is 977 g/mol. The highest BCUT2D eigenvalue weighted by atomic mass is 16.8. The Morgan fingerprint density at radius 2 is 1.20 bits per heavy atom. The van der Waals surface area contributed by atoms with Crippen LogP contribution in [0.5, 0.6) is 0 Å². The molecule has 10 rings (SSSR count). The zero-order valence-electron chi connectivity index (χ0n) is 43.1. The molecule has 6 unspecified atom stereocenters. The lowest BCUT2D eigenvalue weighted by molar-refractivity contribution is -0.401. The fraction of sp³-hybridized carbons (Fsp3) is 0.962. The summed E-state index contributed by atoms with van der Waals surface area (Å²) in [5, 5.41) is 130. The van der Waals surface area contributed by atoms with Crippen LogP contribution in [0.15, 0.2) is 12.2 Å². The molecule has 4 aliphatic carbocycles. The summed E-state index contributed by atoms with van der Waals surface area (Å²) in [6.45, 7) is 14.5. The van der Waals surface area contributed by atoms with Crippen molar-refractivity contribution in [1.82, 2.24) is 0 Å². The predicted octanol–water partition coefficient (Wildman–Crippen LogP) is -1.71. The van der Waals surface area contributed by atoms with Crippen LogP contribution >= 0.6 is 0 Å². The number of aliphatic hydroxyl groups excluding tert-OH is 12. The number of ether oxygens (including phenoxy) is 10. The third kappa shape index (κ3) is 9.11. The van der Waals surface area contributed by atoms with Crippen LogP contribution in [0.4, 0.5) is 0 Å². The molecule has 0 amide bonds. The zero-order chi connectivity index (χ0) is 53.1. The van der Waals surface area contributed by atoms with E-state index in [1.54, 1.807) is 0 Å².